The first-order valence-electron chi connectivity index (χ1n) is 7.81. The van der Waals surface area contributed by atoms with Crippen molar-refractivity contribution in [3.8, 4) is 5.75 Å². The van der Waals surface area contributed by atoms with E-state index < -0.39 is 0 Å². The average Bonchev–Trinajstić information content (AvgIpc) is 2.34. The molecule has 2 nitrogen and oxygen atoms in total. The van der Waals surface area contributed by atoms with Crippen molar-refractivity contribution < 1.29 is 9.13 Å². The number of benzene rings is 1. The van der Waals surface area contributed by atoms with Crippen LogP contribution >= 0.6 is 0 Å². The summed E-state index contributed by atoms with van der Waals surface area (Å²) in [7, 11) is 0. The Labute approximate surface area is 120 Å². The van der Waals surface area contributed by atoms with E-state index in [1.165, 1.54) is 31.4 Å². The number of hydrogen-bond donors (Lipinski definition) is 1. The molecule has 0 aromatic heterocycles. The van der Waals surface area contributed by atoms with E-state index in [2.05, 4.69) is 19.2 Å². The summed E-state index contributed by atoms with van der Waals surface area (Å²) in [6, 6.07) is 5.20. The van der Waals surface area contributed by atoms with Crippen molar-refractivity contribution in [2.75, 3.05) is 6.54 Å². The lowest BCUT2D eigenvalue weighted by Gasteiger charge is -2.43. The molecule has 1 heterocycles. The number of nitrogens with one attached hydrogen (secondary N) is 1. The standard InChI is InChI=1S/C17H24FNO/c1-3-19-15-11-17(2,10-12-5-4-6-12)20-16-9-13(18)7-8-14(15)16/h7-9,12,15,19H,3-6,10-11H2,1-2H3. The second kappa shape index (κ2) is 5.36. The van der Waals surface area contributed by atoms with Crippen LogP contribution in [0.3, 0.4) is 0 Å². The summed E-state index contributed by atoms with van der Waals surface area (Å²) < 4.78 is 19.7. The van der Waals surface area contributed by atoms with Gasteiger partial charge in [0.15, 0.2) is 0 Å². The van der Waals surface area contributed by atoms with Gasteiger partial charge in [0.1, 0.15) is 17.2 Å². The van der Waals surface area contributed by atoms with Crippen LogP contribution in [0.15, 0.2) is 18.2 Å². The molecule has 1 aliphatic heterocycles. The van der Waals surface area contributed by atoms with Crippen LogP contribution in [-0.2, 0) is 0 Å². The van der Waals surface area contributed by atoms with Gasteiger partial charge in [-0.15, -0.1) is 0 Å². The molecule has 0 saturated heterocycles. The Morgan fingerprint density at radius 3 is 2.85 bits per heavy atom. The second-order valence-electron chi connectivity index (χ2n) is 6.55. The average molecular weight is 277 g/mol. The van der Waals surface area contributed by atoms with Crippen LogP contribution in [0.1, 0.15) is 57.6 Å². The lowest BCUT2D eigenvalue weighted by Crippen LogP contribution is -2.44. The third-order valence-corrected chi connectivity index (χ3v) is 4.74. The molecule has 1 fully saturated rings. The monoisotopic (exact) mass is 277 g/mol. The lowest BCUT2D eigenvalue weighted by molar-refractivity contribution is 0.0124. The van der Waals surface area contributed by atoms with Crippen molar-refractivity contribution in [1.29, 1.82) is 0 Å². The molecule has 1 aromatic rings. The van der Waals surface area contributed by atoms with Crippen LogP contribution in [0.2, 0.25) is 0 Å². The molecule has 1 aliphatic carbocycles. The fourth-order valence-electron chi connectivity index (χ4n) is 3.59. The molecule has 3 rings (SSSR count). The fraction of sp³-hybridized carbons (Fsp3) is 0.647. The van der Waals surface area contributed by atoms with Gasteiger partial charge < -0.3 is 10.1 Å². The zero-order valence-electron chi connectivity index (χ0n) is 12.4. The highest BCUT2D eigenvalue weighted by Gasteiger charge is 2.39. The van der Waals surface area contributed by atoms with Gasteiger partial charge in [0.25, 0.3) is 0 Å². The predicted molar refractivity (Wildman–Crippen MR) is 78.4 cm³/mol. The summed E-state index contributed by atoms with van der Waals surface area (Å²) in [6.07, 6.45) is 6.05. The van der Waals surface area contributed by atoms with Crippen LogP contribution in [0, 0.1) is 11.7 Å². The summed E-state index contributed by atoms with van der Waals surface area (Å²) in [6.45, 7) is 5.21. The molecule has 2 aliphatic rings. The van der Waals surface area contributed by atoms with Gasteiger partial charge in [-0.3, -0.25) is 0 Å². The molecule has 110 valence electrons. The van der Waals surface area contributed by atoms with E-state index in [0.29, 0.717) is 0 Å². The van der Waals surface area contributed by atoms with Gasteiger partial charge in [-0.2, -0.15) is 0 Å². The second-order valence-corrected chi connectivity index (χ2v) is 6.55. The molecule has 0 radical (unpaired) electrons. The highest BCUT2D eigenvalue weighted by Crippen LogP contribution is 2.45. The van der Waals surface area contributed by atoms with E-state index in [0.717, 1.165) is 36.6 Å². The summed E-state index contributed by atoms with van der Waals surface area (Å²) in [5.74, 6) is 1.30. The molecule has 2 unspecified atom stereocenters. The normalized spacial score (nSPS) is 29.4. The lowest BCUT2D eigenvalue weighted by atomic mass is 9.74. The predicted octanol–water partition coefficient (Wildman–Crippen LogP) is 4.21. The molecule has 3 heteroatoms. The number of ether oxygens (including phenoxy) is 1. The van der Waals surface area contributed by atoms with Crippen molar-refractivity contribution in [2.24, 2.45) is 5.92 Å². The van der Waals surface area contributed by atoms with Gasteiger partial charge in [-0.1, -0.05) is 32.3 Å². The van der Waals surface area contributed by atoms with Gasteiger partial charge in [0.05, 0.1) is 0 Å². The van der Waals surface area contributed by atoms with E-state index in [9.17, 15) is 4.39 Å². The molecule has 2 atom stereocenters. The Balaban J connectivity index is 1.85. The number of halogens is 1. The molecule has 1 aromatic carbocycles. The highest BCUT2D eigenvalue weighted by atomic mass is 19.1. The maximum Gasteiger partial charge on any atom is 0.127 e. The minimum absolute atomic E-state index is 0.168. The van der Waals surface area contributed by atoms with Crippen LogP contribution in [0.25, 0.3) is 0 Å². The SMILES string of the molecule is CCNC1CC(C)(CC2CCC2)Oc2cc(F)ccc21. The van der Waals surface area contributed by atoms with Gasteiger partial charge in [0, 0.05) is 24.1 Å². The summed E-state index contributed by atoms with van der Waals surface area (Å²) in [4.78, 5) is 0. The first kappa shape index (κ1) is 13.9. The van der Waals surface area contributed by atoms with Gasteiger partial charge >= 0.3 is 0 Å². The highest BCUT2D eigenvalue weighted by molar-refractivity contribution is 5.39. The molecule has 20 heavy (non-hydrogen) atoms. The van der Waals surface area contributed by atoms with Crippen LogP contribution in [0.5, 0.6) is 5.75 Å². The quantitative estimate of drug-likeness (QED) is 0.890. The molecule has 1 saturated carbocycles. The molecule has 0 amide bonds. The smallest absolute Gasteiger partial charge is 0.127 e. The van der Waals surface area contributed by atoms with Gasteiger partial charge in [0.2, 0.25) is 0 Å². The first-order valence-corrected chi connectivity index (χ1v) is 7.81. The fourth-order valence-corrected chi connectivity index (χ4v) is 3.59. The van der Waals surface area contributed by atoms with E-state index in [1.54, 1.807) is 0 Å². The van der Waals surface area contributed by atoms with E-state index >= 15 is 0 Å². The Morgan fingerprint density at radius 1 is 1.40 bits per heavy atom. The Hall–Kier alpha value is -1.09. The minimum Gasteiger partial charge on any atom is -0.487 e. The Bertz CT molecular complexity index is 486. The molecule has 0 spiro atoms. The third-order valence-electron chi connectivity index (χ3n) is 4.74. The van der Waals surface area contributed by atoms with Crippen molar-refractivity contribution in [3.63, 3.8) is 0 Å². The van der Waals surface area contributed by atoms with Gasteiger partial charge in [-0.05, 0) is 31.9 Å². The maximum absolute atomic E-state index is 13.5. The van der Waals surface area contributed by atoms with Crippen molar-refractivity contribution in [1.82, 2.24) is 5.32 Å². The number of hydrogen-bond acceptors (Lipinski definition) is 2. The first-order chi connectivity index (χ1) is 9.59. The van der Waals surface area contributed by atoms with Crippen LogP contribution < -0.4 is 10.1 Å². The summed E-state index contributed by atoms with van der Waals surface area (Å²) in [5, 5.41) is 3.52. The minimum atomic E-state index is -0.216. The number of rotatable bonds is 4. The van der Waals surface area contributed by atoms with E-state index in [-0.39, 0.29) is 17.5 Å². The third kappa shape index (κ3) is 2.69. The number of fused-ring (bicyclic) bond motifs is 1. The van der Waals surface area contributed by atoms with Crippen molar-refractivity contribution in [2.45, 2.75) is 57.6 Å². The molecular formula is C17H24FNO. The Kier molecular flexibility index (Phi) is 3.72. The molecule has 1 N–H and O–H groups in total. The van der Waals surface area contributed by atoms with Crippen molar-refractivity contribution in [3.05, 3.63) is 29.6 Å². The molecular weight excluding hydrogens is 253 g/mol. The van der Waals surface area contributed by atoms with Gasteiger partial charge in [-0.25, -0.2) is 4.39 Å². The topological polar surface area (TPSA) is 21.3 Å². The van der Waals surface area contributed by atoms with Crippen LogP contribution in [-0.4, -0.2) is 12.1 Å². The van der Waals surface area contributed by atoms with E-state index in [1.807, 2.05) is 6.07 Å². The van der Waals surface area contributed by atoms with E-state index in [4.69, 9.17) is 4.74 Å². The summed E-state index contributed by atoms with van der Waals surface area (Å²) >= 11 is 0. The zero-order chi connectivity index (χ0) is 14.2. The summed E-state index contributed by atoms with van der Waals surface area (Å²) in [5.41, 5.74) is 0.929. The maximum atomic E-state index is 13.5. The van der Waals surface area contributed by atoms with Crippen LogP contribution in [0.4, 0.5) is 4.39 Å². The zero-order valence-corrected chi connectivity index (χ0v) is 12.4. The largest absolute Gasteiger partial charge is 0.487 e. The van der Waals surface area contributed by atoms with Crippen molar-refractivity contribution >= 4 is 0 Å². The molecule has 0 bridgehead atoms. The Morgan fingerprint density at radius 2 is 2.20 bits per heavy atom.